The van der Waals surface area contributed by atoms with Crippen LogP contribution in [0.5, 0.6) is 0 Å². The second-order valence-corrected chi connectivity index (χ2v) is 9.82. The van der Waals surface area contributed by atoms with Gasteiger partial charge in [-0.15, -0.1) is 0 Å². The van der Waals surface area contributed by atoms with E-state index in [-0.39, 0.29) is 0 Å². The predicted octanol–water partition coefficient (Wildman–Crippen LogP) is 14.8. The quantitative estimate of drug-likeness (QED) is 0.234. The number of unbranched alkanes of at least 4 members (excludes halogenated alkanes) is 11. The van der Waals surface area contributed by atoms with Crippen LogP contribution in [0.1, 0.15) is 175 Å². The first-order valence-electron chi connectivity index (χ1n) is 17.1. The lowest BCUT2D eigenvalue weighted by molar-refractivity contribution is 0.602. The summed E-state index contributed by atoms with van der Waals surface area (Å²) < 4.78 is 0. The number of rotatable bonds is 12. The van der Waals surface area contributed by atoms with E-state index in [9.17, 15) is 0 Å². The van der Waals surface area contributed by atoms with Crippen molar-refractivity contribution in [2.45, 2.75) is 180 Å². The summed E-state index contributed by atoms with van der Waals surface area (Å²) in [5.41, 5.74) is 8.06. The van der Waals surface area contributed by atoms with Gasteiger partial charge in [0, 0.05) is 0 Å². The molecule has 0 aliphatic carbocycles. The molecule has 2 aromatic rings. The van der Waals surface area contributed by atoms with E-state index in [1.807, 2.05) is 41.5 Å². The summed E-state index contributed by atoms with van der Waals surface area (Å²) >= 11 is 0. The van der Waals surface area contributed by atoms with E-state index in [1.165, 1.54) is 117 Å². The molecule has 2 rings (SSSR count). The molecule has 0 spiro atoms. The molecule has 230 valence electrons. The van der Waals surface area contributed by atoms with Crippen LogP contribution in [0.25, 0.3) is 11.1 Å². The Kier molecular flexibility index (Phi) is 41.5. The highest BCUT2D eigenvalue weighted by molar-refractivity contribution is 5.71. The molecule has 0 heteroatoms. The van der Waals surface area contributed by atoms with E-state index in [0.29, 0.717) is 0 Å². The maximum absolute atomic E-state index is 2.26. The van der Waals surface area contributed by atoms with Crippen molar-refractivity contribution in [2.75, 3.05) is 0 Å². The third-order valence-electron chi connectivity index (χ3n) is 6.22. The topological polar surface area (TPSA) is 0 Å². The van der Waals surface area contributed by atoms with Crippen molar-refractivity contribution in [2.24, 2.45) is 0 Å². The van der Waals surface area contributed by atoms with Gasteiger partial charge in [0.2, 0.25) is 0 Å². The van der Waals surface area contributed by atoms with E-state index in [1.54, 1.807) is 0 Å². The Balaban J connectivity index is -0.000000230. The average Bonchev–Trinajstić information content (AvgIpc) is 2.96. The maximum atomic E-state index is 2.26. The van der Waals surface area contributed by atoms with Crippen molar-refractivity contribution in [1.29, 1.82) is 0 Å². The zero-order valence-electron chi connectivity index (χ0n) is 29.7. The summed E-state index contributed by atoms with van der Waals surface area (Å²) in [7, 11) is 0. The third-order valence-corrected chi connectivity index (χ3v) is 6.22. The van der Waals surface area contributed by atoms with Crippen molar-refractivity contribution in [3.8, 4) is 11.1 Å². The Labute approximate surface area is 249 Å². The van der Waals surface area contributed by atoms with Gasteiger partial charge in [0.25, 0.3) is 0 Å². The first-order chi connectivity index (χ1) is 18.9. The lowest BCUT2D eigenvalue weighted by Crippen LogP contribution is -1.88. The van der Waals surface area contributed by atoms with Gasteiger partial charge in [-0.3, -0.25) is 0 Å². The molecule has 0 aliphatic rings. The number of hydrogen-bond acceptors (Lipinski definition) is 0. The van der Waals surface area contributed by atoms with Gasteiger partial charge in [-0.2, -0.15) is 0 Å². The van der Waals surface area contributed by atoms with E-state index in [4.69, 9.17) is 0 Å². The molecule has 0 saturated carbocycles. The van der Waals surface area contributed by atoms with Crippen LogP contribution in [0.2, 0.25) is 0 Å². The van der Waals surface area contributed by atoms with E-state index in [0.717, 1.165) is 0 Å². The van der Waals surface area contributed by atoms with Crippen LogP contribution in [0.4, 0.5) is 0 Å². The van der Waals surface area contributed by atoms with Gasteiger partial charge in [-0.25, -0.2) is 0 Å². The van der Waals surface area contributed by atoms with E-state index >= 15 is 0 Å². The van der Waals surface area contributed by atoms with Crippen LogP contribution in [-0.2, 0) is 0 Å². The van der Waals surface area contributed by atoms with Gasteiger partial charge in [0.1, 0.15) is 0 Å². The lowest BCUT2D eigenvalue weighted by Gasteiger charge is -2.10. The summed E-state index contributed by atoms with van der Waals surface area (Å²) in [5.74, 6) is 0. The molecule has 2 aromatic carbocycles. The molecule has 0 unspecified atom stereocenters. The molecule has 39 heavy (non-hydrogen) atoms. The highest BCUT2D eigenvalue weighted by atomic mass is 14.1. The van der Waals surface area contributed by atoms with Crippen molar-refractivity contribution in [3.63, 3.8) is 0 Å². The van der Waals surface area contributed by atoms with E-state index in [2.05, 4.69) is 91.8 Å². The summed E-state index contributed by atoms with van der Waals surface area (Å²) in [4.78, 5) is 0. The summed E-state index contributed by atoms with van der Waals surface area (Å²) in [6.07, 6.45) is 18.5. The molecule has 0 radical (unpaired) electrons. The molecule has 0 amide bonds. The van der Waals surface area contributed by atoms with Gasteiger partial charge in [-0.1, -0.05) is 200 Å². The van der Waals surface area contributed by atoms with Crippen LogP contribution in [0.3, 0.4) is 0 Å². The zero-order chi connectivity index (χ0) is 30.9. The molecule has 0 atom stereocenters. The zero-order valence-corrected chi connectivity index (χ0v) is 29.7. The smallest absolute Gasteiger partial charge is 0.0152 e. The molecule has 0 N–H and O–H groups in total. The van der Waals surface area contributed by atoms with Crippen LogP contribution in [0, 0.1) is 27.7 Å². The SMILES string of the molecule is CC.CC.CC.CCCCCCCC.CCCCCCCCC.Cc1ccc(-c2ccc(C)cc2C)c(C)c1. The fraction of sp³-hybridized carbons (Fsp3) is 0.692. The van der Waals surface area contributed by atoms with Crippen molar-refractivity contribution in [1.82, 2.24) is 0 Å². The Bertz CT molecular complexity index is 648. The minimum absolute atomic E-state index is 1.33. The van der Waals surface area contributed by atoms with Gasteiger partial charge in [0.05, 0.1) is 0 Å². The minimum Gasteiger partial charge on any atom is -0.0683 e. The van der Waals surface area contributed by atoms with Crippen LogP contribution >= 0.6 is 0 Å². The second-order valence-electron chi connectivity index (χ2n) is 9.82. The second kappa shape index (κ2) is 36.4. The highest BCUT2D eigenvalue weighted by Gasteiger charge is 2.04. The normalized spacial score (nSPS) is 9.08. The molecule has 0 aromatic heterocycles. The highest BCUT2D eigenvalue weighted by Crippen LogP contribution is 2.27. The number of benzene rings is 2. The van der Waals surface area contributed by atoms with Crippen LogP contribution in [-0.4, -0.2) is 0 Å². The molecule has 0 nitrogen and oxygen atoms in total. The molecule has 0 fully saturated rings. The van der Waals surface area contributed by atoms with Crippen molar-refractivity contribution in [3.05, 3.63) is 58.7 Å². The van der Waals surface area contributed by atoms with E-state index < -0.39 is 0 Å². The Morgan fingerprint density at radius 2 is 0.590 bits per heavy atom. The summed E-state index contributed by atoms with van der Waals surface area (Å²) in [6.45, 7) is 29.7. The van der Waals surface area contributed by atoms with Crippen molar-refractivity contribution < 1.29 is 0 Å². The number of hydrogen-bond donors (Lipinski definition) is 0. The fourth-order valence-corrected chi connectivity index (χ4v) is 4.12. The Morgan fingerprint density at radius 1 is 0.359 bits per heavy atom. The molecular formula is C39H74. The van der Waals surface area contributed by atoms with Gasteiger partial charge in [0.15, 0.2) is 0 Å². The molecule has 0 bridgehead atoms. The van der Waals surface area contributed by atoms with Crippen LogP contribution in [0.15, 0.2) is 36.4 Å². The minimum atomic E-state index is 1.33. The van der Waals surface area contributed by atoms with Gasteiger partial charge >= 0.3 is 0 Å². The molecule has 0 heterocycles. The lowest BCUT2D eigenvalue weighted by atomic mass is 9.94. The van der Waals surface area contributed by atoms with Gasteiger partial charge in [-0.05, 0) is 49.9 Å². The van der Waals surface area contributed by atoms with Gasteiger partial charge < -0.3 is 0 Å². The average molecular weight is 543 g/mol. The largest absolute Gasteiger partial charge is 0.0683 e. The fourth-order valence-electron chi connectivity index (χ4n) is 4.12. The molecule has 0 saturated heterocycles. The third kappa shape index (κ3) is 27.8. The monoisotopic (exact) mass is 543 g/mol. The predicted molar refractivity (Wildman–Crippen MR) is 188 cm³/mol. The van der Waals surface area contributed by atoms with Crippen LogP contribution < -0.4 is 0 Å². The van der Waals surface area contributed by atoms with Crippen molar-refractivity contribution >= 4 is 0 Å². The number of aryl methyl sites for hydroxylation is 4. The first kappa shape index (κ1) is 44.5. The Hall–Kier alpha value is -1.56. The maximum Gasteiger partial charge on any atom is -0.0152 e. The summed E-state index contributed by atoms with van der Waals surface area (Å²) in [6, 6.07) is 13.3. The first-order valence-corrected chi connectivity index (χ1v) is 17.1. The standard InChI is InChI=1S/C16H18.C9H20.C8H18.3C2H6/c1-11-5-7-15(13(3)9-11)16-8-6-12(2)10-14(16)4;1-3-5-7-9-8-6-4-2;1-3-5-7-8-6-4-2;3*1-2/h5-10H,1-4H3;3-9H2,1-2H3;3-8H2,1-2H3;3*1-2H3. The molecular weight excluding hydrogens is 468 g/mol. The molecule has 0 aliphatic heterocycles. The summed E-state index contributed by atoms with van der Waals surface area (Å²) in [5, 5.41) is 0. The Morgan fingerprint density at radius 3 is 0.795 bits per heavy atom.